The van der Waals surface area contributed by atoms with E-state index < -0.39 is 30.3 Å². The third-order valence-electron chi connectivity index (χ3n) is 2.95. The van der Waals surface area contributed by atoms with E-state index in [0.717, 1.165) is 0 Å². The Kier molecular flexibility index (Phi) is 4.03. The maximum atomic E-state index is 12.1. The van der Waals surface area contributed by atoms with Gasteiger partial charge in [0.05, 0.1) is 12.7 Å². The Balaban J connectivity index is 2.64. The lowest BCUT2D eigenvalue weighted by molar-refractivity contribution is -0.178. The Morgan fingerprint density at radius 3 is 2.41 bits per heavy atom. The van der Waals surface area contributed by atoms with Crippen molar-refractivity contribution in [2.75, 3.05) is 6.61 Å². The number of hydrogen-bond acceptors (Lipinski definition) is 3. The van der Waals surface area contributed by atoms with Gasteiger partial charge in [0.25, 0.3) is 0 Å². The van der Waals surface area contributed by atoms with E-state index in [1.165, 1.54) is 0 Å². The van der Waals surface area contributed by atoms with Gasteiger partial charge in [-0.1, -0.05) is 6.92 Å². The van der Waals surface area contributed by atoms with Gasteiger partial charge in [0.2, 0.25) is 0 Å². The molecule has 1 fully saturated rings. The second-order valence-corrected chi connectivity index (χ2v) is 4.79. The van der Waals surface area contributed by atoms with Crippen LogP contribution in [-0.4, -0.2) is 40.5 Å². The second kappa shape index (κ2) is 4.81. The molecule has 7 heteroatoms. The van der Waals surface area contributed by atoms with Gasteiger partial charge in [0, 0.05) is 5.54 Å². The summed E-state index contributed by atoms with van der Waals surface area (Å²) >= 11 is 0. The number of halogens is 3. The standard InChI is InChI=1S/C10H16F3NO3/c1-6-2-9(3-6,4-7(16)5-15)14-8(17)10(11,12)13/h6-7,15-16H,2-5H2,1H3,(H,14,17). The van der Waals surface area contributed by atoms with Crippen LogP contribution in [0.25, 0.3) is 0 Å². The first kappa shape index (κ1) is 14.2. The molecule has 1 aliphatic carbocycles. The molecule has 0 aliphatic heterocycles. The quantitative estimate of drug-likeness (QED) is 0.688. The summed E-state index contributed by atoms with van der Waals surface area (Å²) in [5.41, 5.74) is -1.03. The molecule has 4 nitrogen and oxygen atoms in total. The number of amides is 1. The summed E-state index contributed by atoms with van der Waals surface area (Å²) in [5, 5.41) is 19.9. The third-order valence-corrected chi connectivity index (χ3v) is 2.95. The van der Waals surface area contributed by atoms with Crippen LogP contribution in [0, 0.1) is 5.92 Å². The number of carbonyl (C=O) groups is 1. The number of aliphatic hydroxyl groups excluding tert-OH is 2. The van der Waals surface area contributed by atoms with E-state index in [4.69, 9.17) is 5.11 Å². The fourth-order valence-electron chi connectivity index (χ4n) is 2.42. The fourth-order valence-corrected chi connectivity index (χ4v) is 2.42. The molecule has 0 aromatic rings. The average Bonchev–Trinajstić information content (AvgIpc) is 2.13. The van der Waals surface area contributed by atoms with Crippen molar-refractivity contribution in [2.45, 2.75) is 44.0 Å². The molecule has 17 heavy (non-hydrogen) atoms. The summed E-state index contributed by atoms with van der Waals surface area (Å²) in [6.45, 7) is 1.32. The van der Waals surface area contributed by atoms with E-state index in [2.05, 4.69) is 0 Å². The van der Waals surface area contributed by atoms with Crippen molar-refractivity contribution in [3.63, 3.8) is 0 Å². The van der Waals surface area contributed by atoms with Gasteiger partial charge < -0.3 is 15.5 Å². The number of nitrogens with one attached hydrogen (secondary N) is 1. The number of aliphatic hydroxyl groups is 2. The lowest BCUT2D eigenvalue weighted by Gasteiger charge is -2.48. The molecule has 1 saturated carbocycles. The van der Waals surface area contributed by atoms with Gasteiger partial charge in [-0.25, -0.2) is 0 Å². The molecule has 0 radical (unpaired) electrons. The first-order chi connectivity index (χ1) is 7.68. The Morgan fingerprint density at radius 2 is 2.06 bits per heavy atom. The summed E-state index contributed by atoms with van der Waals surface area (Å²) in [6, 6.07) is 0. The van der Waals surface area contributed by atoms with Crippen molar-refractivity contribution in [3.8, 4) is 0 Å². The highest BCUT2D eigenvalue weighted by atomic mass is 19.4. The molecule has 100 valence electrons. The van der Waals surface area contributed by atoms with E-state index in [-0.39, 0.29) is 12.3 Å². The first-order valence-corrected chi connectivity index (χ1v) is 5.37. The number of alkyl halides is 3. The molecular formula is C10H16F3NO3. The van der Waals surface area contributed by atoms with E-state index >= 15 is 0 Å². The first-order valence-electron chi connectivity index (χ1n) is 5.37. The predicted octanol–water partition coefficient (Wildman–Crippen LogP) is 0.577. The zero-order valence-electron chi connectivity index (χ0n) is 9.42. The highest BCUT2D eigenvalue weighted by Gasteiger charge is 2.49. The molecule has 0 spiro atoms. The SMILES string of the molecule is CC1CC(CC(O)CO)(NC(=O)C(F)(F)F)C1. The van der Waals surface area contributed by atoms with Gasteiger partial charge in [0.15, 0.2) is 0 Å². The molecule has 3 N–H and O–H groups in total. The van der Waals surface area contributed by atoms with Crippen LogP contribution in [0.15, 0.2) is 0 Å². The van der Waals surface area contributed by atoms with Gasteiger partial charge >= 0.3 is 12.1 Å². The van der Waals surface area contributed by atoms with Crippen molar-refractivity contribution in [1.29, 1.82) is 0 Å². The summed E-state index contributed by atoms with van der Waals surface area (Å²) in [5.74, 6) is -1.79. The Labute approximate surface area is 96.8 Å². The largest absolute Gasteiger partial charge is 0.471 e. The third kappa shape index (κ3) is 3.57. The molecule has 1 rings (SSSR count). The maximum Gasteiger partial charge on any atom is 0.471 e. The maximum absolute atomic E-state index is 12.1. The molecule has 0 aromatic carbocycles. The molecular weight excluding hydrogens is 239 g/mol. The minimum Gasteiger partial charge on any atom is -0.394 e. The van der Waals surface area contributed by atoms with Gasteiger partial charge in [0.1, 0.15) is 0 Å². The van der Waals surface area contributed by atoms with E-state index in [9.17, 15) is 23.1 Å². The molecule has 0 aromatic heterocycles. The smallest absolute Gasteiger partial charge is 0.394 e. The van der Waals surface area contributed by atoms with Crippen LogP contribution in [0.1, 0.15) is 26.2 Å². The lowest BCUT2D eigenvalue weighted by Crippen LogP contribution is -2.60. The number of rotatable bonds is 4. The van der Waals surface area contributed by atoms with Crippen LogP contribution < -0.4 is 5.32 Å². The van der Waals surface area contributed by atoms with Crippen LogP contribution in [0.5, 0.6) is 0 Å². The monoisotopic (exact) mass is 255 g/mol. The Hall–Kier alpha value is -0.820. The van der Waals surface area contributed by atoms with Crippen molar-refractivity contribution in [1.82, 2.24) is 5.32 Å². The van der Waals surface area contributed by atoms with Crippen LogP contribution >= 0.6 is 0 Å². The van der Waals surface area contributed by atoms with Crippen LogP contribution in [0.3, 0.4) is 0 Å². The summed E-state index contributed by atoms with van der Waals surface area (Å²) < 4.78 is 36.4. The molecule has 0 bridgehead atoms. The zero-order chi connectivity index (χ0) is 13.3. The Morgan fingerprint density at radius 1 is 1.53 bits per heavy atom. The van der Waals surface area contributed by atoms with Gasteiger partial charge in [-0.15, -0.1) is 0 Å². The minimum absolute atomic E-state index is 0.0599. The van der Waals surface area contributed by atoms with Gasteiger partial charge in [-0.3, -0.25) is 4.79 Å². The average molecular weight is 255 g/mol. The van der Waals surface area contributed by atoms with Crippen molar-refractivity contribution < 1.29 is 28.2 Å². The molecule has 1 amide bonds. The summed E-state index contributed by atoms with van der Waals surface area (Å²) in [4.78, 5) is 10.9. The highest BCUT2D eigenvalue weighted by Crippen LogP contribution is 2.41. The second-order valence-electron chi connectivity index (χ2n) is 4.79. The Bertz CT molecular complexity index is 287. The number of carbonyl (C=O) groups excluding carboxylic acids is 1. The van der Waals surface area contributed by atoms with E-state index in [1.807, 2.05) is 12.2 Å². The molecule has 0 saturated heterocycles. The van der Waals surface area contributed by atoms with Crippen molar-refractivity contribution >= 4 is 5.91 Å². The highest BCUT2D eigenvalue weighted by molar-refractivity contribution is 5.82. The predicted molar refractivity (Wildman–Crippen MR) is 53.0 cm³/mol. The molecule has 0 heterocycles. The van der Waals surface area contributed by atoms with Crippen LogP contribution in [0.2, 0.25) is 0 Å². The van der Waals surface area contributed by atoms with E-state index in [1.54, 1.807) is 0 Å². The fraction of sp³-hybridized carbons (Fsp3) is 0.900. The topological polar surface area (TPSA) is 69.6 Å². The van der Waals surface area contributed by atoms with Gasteiger partial charge in [-0.2, -0.15) is 13.2 Å². The number of hydrogen-bond donors (Lipinski definition) is 3. The summed E-state index contributed by atoms with van der Waals surface area (Å²) in [7, 11) is 0. The van der Waals surface area contributed by atoms with Crippen molar-refractivity contribution in [3.05, 3.63) is 0 Å². The van der Waals surface area contributed by atoms with E-state index in [0.29, 0.717) is 12.8 Å². The normalized spacial score (nSPS) is 30.6. The van der Waals surface area contributed by atoms with Crippen LogP contribution in [-0.2, 0) is 4.79 Å². The van der Waals surface area contributed by atoms with Crippen molar-refractivity contribution in [2.24, 2.45) is 5.92 Å². The minimum atomic E-state index is -4.92. The summed E-state index contributed by atoms with van der Waals surface area (Å²) in [6.07, 6.45) is -5.33. The molecule has 1 unspecified atom stereocenters. The van der Waals surface area contributed by atoms with Gasteiger partial charge in [-0.05, 0) is 25.2 Å². The lowest BCUT2D eigenvalue weighted by atomic mass is 9.66. The van der Waals surface area contributed by atoms with Crippen LogP contribution in [0.4, 0.5) is 13.2 Å². The zero-order valence-corrected chi connectivity index (χ0v) is 9.42. The molecule has 1 aliphatic rings. The molecule has 1 atom stereocenters.